The molecule has 5 heterocycles. The van der Waals surface area contributed by atoms with Gasteiger partial charge in [-0.1, -0.05) is 12.0 Å². The van der Waals surface area contributed by atoms with Gasteiger partial charge in [0.1, 0.15) is 46.8 Å². The second-order valence-electron chi connectivity index (χ2n) is 10.9. The van der Waals surface area contributed by atoms with Gasteiger partial charge < -0.3 is 30.5 Å². The minimum absolute atomic E-state index is 0.0240. The molecule has 7 rings (SSSR count). The molecule has 2 aromatic carbocycles. The number of terminal acetylenes is 1. The zero-order chi connectivity index (χ0) is 30.0. The van der Waals surface area contributed by atoms with Gasteiger partial charge in [-0.15, -0.1) is 6.42 Å². The van der Waals surface area contributed by atoms with Crippen LogP contribution in [0.5, 0.6) is 11.6 Å². The number of phenolic OH excluding ortho intramolecular Hbond substituents is 1. The first-order valence-corrected chi connectivity index (χ1v) is 13.8. The number of pyridine rings is 2. The van der Waals surface area contributed by atoms with E-state index in [-0.39, 0.29) is 93.8 Å². The molecule has 2 bridgehead atoms. The highest BCUT2D eigenvalue weighted by Gasteiger charge is 2.44. The number of carboxylic acid groups (broad SMARTS) is 1. The topological polar surface area (TPSA) is 144 Å². The van der Waals surface area contributed by atoms with E-state index >= 15 is 4.39 Å². The third-order valence-electron chi connectivity index (χ3n) is 8.44. The molecule has 3 aliphatic heterocycles. The normalized spacial score (nSPS) is 20.2. The van der Waals surface area contributed by atoms with Crippen molar-refractivity contribution in [1.29, 1.82) is 5.26 Å². The number of carboxylic acids is 1. The fourth-order valence-electron chi connectivity index (χ4n) is 6.61. The van der Waals surface area contributed by atoms with Crippen LogP contribution in [0.2, 0.25) is 0 Å². The van der Waals surface area contributed by atoms with Gasteiger partial charge in [0.25, 0.3) is 0 Å². The molecule has 0 spiro atoms. The number of hydrogen-bond acceptors (Lipinski definition) is 9. The molecule has 4 aromatic rings. The van der Waals surface area contributed by atoms with E-state index in [4.69, 9.17) is 11.2 Å². The molecule has 4 N–H and O–H groups in total. The summed E-state index contributed by atoms with van der Waals surface area (Å²) >= 11 is 0. The molecule has 2 fully saturated rings. The van der Waals surface area contributed by atoms with Gasteiger partial charge in [0.15, 0.2) is 5.82 Å². The maximum Gasteiger partial charge on any atom is 0.305 e. The van der Waals surface area contributed by atoms with Gasteiger partial charge in [0.05, 0.1) is 29.1 Å². The summed E-state index contributed by atoms with van der Waals surface area (Å²) in [4.78, 5) is 22.3. The molecule has 2 saturated heterocycles. The Morgan fingerprint density at radius 2 is 2.07 bits per heavy atom. The van der Waals surface area contributed by atoms with E-state index in [0.29, 0.717) is 17.6 Å². The van der Waals surface area contributed by atoms with Crippen LogP contribution in [-0.2, 0) is 4.79 Å². The van der Waals surface area contributed by atoms with Crippen molar-refractivity contribution in [2.45, 2.75) is 37.4 Å². The van der Waals surface area contributed by atoms with Crippen molar-refractivity contribution < 1.29 is 28.5 Å². The number of nitrogens with one attached hydrogen (secondary N) is 2. The summed E-state index contributed by atoms with van der Waals surface area (Å²) in [6.07, 6.45) is 7.24. The average molecular weight is 583 g/mol. The number of phenols is 1. The van der Waals surface area contributed by atoms with Gasteiger partial charge in [-0.3, -0.25) is 4.79 Å². The highest BCUT2D eigenvalue weighted by Crippen LogP contribution is 2.47. The quantitative estimate of drug-likeness (QED) is 0.256. The molecular weight excluding hydrogens is 558 g/mol. The highest BCUT2D eigenvalue weighted by atomic mass is 19.1. The smallest absolute Gasteiger partial charge is 0.305 e. The summed E-state index contributed by atoms with van der Waals surface area (Å²) in [6.45, 7) is 0.671. The number of anilines is 2. The van der Waals surface area contributed by atoms with E-state index in [2.05, 4.69) is 37.5 Å². The Labute approximate surface area is 243 Å². The van der Waals surface area contributed by atoms with Gasteiger partial charge in [-0.2, -0.15) is 5.26 Å². The van der Waals surface area contributed by atoms with Crippen LogP contribution in [0.25, 0.3) is 32.9 Å². The first kappa shape index (κ1) is 26.7. The Bertz CT molecular complexity index is 1950. The molecule has 2 aromatic heterocycles. The maximum absolute atomic E-state index is 16.8. The van der Waals surface area contributed by atoms with Crippen LogP contribution < -0.4 is 20.3 Å². The van der Waals surface area contributed by atoms with Crippen LogP contribution >= 0.6 is 0 Å². The molecule has 10 nitrogen and oxygen atoms in total. The summed E-state index contributed by atoms with van der Waals surface area (Å²) < 4.78 is 37.9. The monoisotopic (exact) mass is 582 g/mol. The first-order valence-electron chi connectivity index (χ1n) is 13.8. The van der Waals surface area contributed by atoms with E-state index < -0.39 is 17.6 Å². The molecule has 0 saturated carbocycles. The SMILES string of the molecule is C#Cc1c(F)ccc2cc(O)cc(-c3nc4c5c(c(C#N)c(NCCC(=O)O)nc5c3F)N3CC5CCC(N5)C3CO4)c12. The number of fused-ring (bicyclic) bond motifs is 6. The molecule has 0 radical (unpaired) electrons. The zero-order valence-corrected chi connectivity index (χ0v) is 22.6. The van der Waals surface area contributed by atoms with Gasteiger partial charge >= 0.3 is 5.97 Å². The van der Waals surface area contributed by atoms with Gasteiger partial charge in [0.2, 0.25) is 5.88 Å². The number of piperazine rings is 1. The Balaban J connectivity index is 1.54. The maximum atomic E-state index is 16.8. The minimum Gasteiger partial charge on any atom is -0.508 e. The van der Waals surface area contributed by atoms with E-state index in [9.17, 15) is 24.7 Å². The van der Waals surface area contributed by atoms with Crippen molar-refractivity contribution in [1.82, 2.24) is 15.3 Å². The van der Waals surface area contributed by atoms with Crippen molar-refractivity contribution >= 4 is 39.1 Å². The van der Waals surface area contributed by atoms with Crippen LogP contribution in [0, 0.1) is 35.3 Å². The number of nitriles is 1. The largest absolute Gasteiger partial charge is 0.508 e. The summed E-state index contributed by atoms with van der Waals surface area (Å²) in [5.74, 6) is -0.475. The highest BCUT2D eigenvalue weighted by molar-refractivity contribution is 6.06. The van der Waals surface area contributed by atoms with Crippen LogP contribution in [0.4, 0.5) is 20.3 Å². The standard InChI is InChI=1S/C31H24F2N6O4/c1-2-17-20(32)5-3-14-9-16(40)10-18(24(14)17)27-26(33)28-25-29(19(11-34)30(37-28)35-8-7-23(41)42)39-12-15-4-6-21(36-15)22(39)13-43-31(25)38-27/h1,3,5,9-10,15,21-22,36,40H,4,6-8,12-13H2,(H,35,37)(H,41,42). The number of ether oxygens (including phenoxy) is 1. The van der Waals surface area contributed by atoms with Crippen molar-refractivity contribution in [3.63, 3.8) is 0 Å². The second kappa shape index (κ2) is 9.96. The third-order valence-corrected chi connectivity index (χ3v) is 8.44. The predicted octanol–water partition coefficient (Wildman–Crippen LogP) is 3.87. The first-order chi connectivity index (χ1) is 20.8. The molecule has 43 heavy (non-hydrogen) atoms. The summed E-state index contributed by atoms with van der Waals surface area (Å²) in [5.41, 5.74) is 0.0136. The fraction of sp³-hybridized carbons (Fsp3) is 0.290. The molecule has 3 unspecified atom stereocenters. The number of rotatable bonds is 5. The number of aliphatic carboxylic acids is 1. The van der Waals surface area contributed by atoms with Gasteiger partial charge in [-0.25, -0.2) is 18.7 Å². The lowest BCUT2D eigenvalue weighted by molar-refractivity contribution is -0.136. The van der Waals surface area contributed by atoms with Crippen molar-refractivity contribution in [2.24, 2.45) is 0 Å². The van der Waals surface area contributed by atoms with Crippen LogP contribution in [0.3, 0.4) is 0 Å². The second-order valence-corrected chi connectivity index (χ2v) is 10.9. The number of nitrogens with zero attached hydrogens (tertiary/aromatic N) is 4. The summed E-state index contributed by atoms with van der Waals surface area (Å²) in [5, 5.41) is 37.3. The summed E-state index contributed by atoms with van der Waals surface area (Å²) in [6, 6.07) is 7.47. The Morgan fingerprint density at radius 3 is 2.84 bits per heavy atom. The Hall–Kier alpha value is -5.20. The summed E-state index contributed by atoms with van der Waals surface area (Å²) in [7, 11) is 0. The number of benzene rings is 2. The molecular formula is C31H24F2N6O4. The Kier molecular flexibility index (Phi) is 6.18. The van der Waals surface area contributed by atoms with Crippen LogP contribution in [-0.4, -0.2) is 64.0 Å². The zero-order valence-electron chi connectivity index (χ0n) is 22.6. The van der Waals surface area contributed by atoms with Gasteiger partial charge in [0, 0.05) is 36.1 Å². The number of hydrogen-bond donors (Lipinski definition) is 4. The fourth-order valence-corrected chi connectivity index (χ4v) is 6.61. The van der Waals surface area contributed by atoms with Gasteiger partial charge in [-0.05, 0) is 36.4 Å². The lowest BCUT2D eigenvalue weighted by atomic mass is 9.95. The number of aromatic nitrogens is 2. The van der Waals surface area contributed by atoms with Crippen molar-refractivity contribution in [2.75, 3.05) is 29.9 Å². The van der Waals surface area contributed by atoms with E-state index in [1.54, 1.807) is 0 Å². The number of carbonyl (C=O) groups is 1. The van der Waals surface area contributed by atoms with Crippen LogP contribution in [0.1, 0.15) is 30.4 Å². The molecule has 3 aliphatic rings. The third kappa shape index (κ3) is 4.14. The number of aromatic hydroxyl groups is 1. The molecule has 216 valence electrons. The Morgan fingerprint density at radius 1 is 1.23 bits per heavy atom. The van der Waals surface area contributed by atoms with E-state index in [1.165, 1.54) is 24.3 Å². The van der Waals surface area contributed by atoms with Crippen LogP contribution in [0.15, 0.2) is 24.3 Å². The molecule has 12 heteroatoms. The number of halogens is 2. The van der Waals surface area contributed by atoms with E-state index in [1.807, 2.05) is 0 Å². The molecule has 0 aliphatic carbocycles. The van der Waals surface area contributed by atoms with Crippen molar-refractivity contribution in [3.05, 3.63) is 47.0 Å². The predicted molar refractivity (Wildman–Crippen MR) is 154 cm³/mol. The molecule has 0 amide bonds. The molecule has 3 atom stereocenters. The lowest BCUT2D eigenvalue weighted by Gasteiger charge is -2.41. The minimum atomic E-state index is -1.05. The average Bonchev–Trinajstić information content (AvgIpc) is 3.29. The van der Waals surface area contributed by atoms with E-state index in [0.717, 1.165) is 12.8 Å². The lowest BCUT2D eigenvalue weighted by Crippen LogP contribution is -2.60. The van der Waals surface area contributed by atoms with Crippen molar-refractivity contribution in [3.8, 4) is 41.3 Å².